The van der Waals surface area contributed by atoms with Crippen LogP contribution in [0.4, 0.5) is 0 Å². The summed E-state index contributed by atoms with van der Waals surface area (Å²) in [5.74, 6) is 0. The zero-order valence-electron chi connectivity index (χ0n) is 14.6. The van der Waals surface area contributed by atoms with E-state index in [1.54, 1.807) is 0 Å². The van der Waals surface area contributed by atoms with Crippen LogP contribution < -0.4 is 10.4 Å². The van der Waals surface area contributed by atoms with Crippen LogP contribution in [0.1, 0.15) is 27.2 Å². The van der Waals surface area contributed by atoms with Crippen molar-refractivity contribution >= 4 is 18.7 Å². The lowest BCUT2D eigenvalue weighted by atomic mass is 10.2. The van der Waals surface area contributed by atoms with Gasteiger partial charge in [0.1, 0.15) is 0 Å². The maximum Gasteiger partial charge on any atom is 0.261 e. The van der Waals surface area contributed by atoms with Crippen molar-refractivity contribution in [2.45, 2.75) is 44.4 Å². The van der Waals surface area contributed by atoms with Crippen molar-refractivity contribution in [3.05, 3.63) is 72.8 Å². The van der Waals surface area contributed by atoms with E-state index in [1.165, 1.54) is 10.4 Å². The lowest BCUT2D eigenvalue weighted by Gasteiger charge is -2.44. The molecule has 24 heavy (non-hydrogen) atoms. The first-order chi connectivity index (χ1) is 11.4. The fourth-order valence-corrected chi connectivity index (χ4v) is 8.30. The van der Waals surface area contributed by atoms with E-state index in [0.29, 0.717) is 6.42 Å². The summed E-state index contributed by atoms with van der Waals surface area (Å²) < 4.78 is 6.90. The molecule has 0 saturated carbocycles. The summed E-state index contributed by atoms with van der Waals surface area (Å²) >= 11 is 0. The van der Waals surface area contributed by atoms with Gasteiger partial charge in [0.2, 0.25) is 0 Å². The third-order valence-corrected chi connectivity index (χ3v) is 9.83. The van der Waals surface area contributed by atoms with Crippen LogP contribution >= 0.6 is 0 Å². The summed E-state index contributed by atoms with van der Waals surface area (Å²) in [7, 11) is -2.51. The minimum absolute atomic E-state index is 0.0307. The van der Waals surface area contributed by atoms with E-state index in [-0.39, 0.29) is 11.1 Å². The van der Waals surface area contributed by atoms with Crippen molar-refractivity contribution in [2.75, 3.05) is 0 Å². The molecule has 3 rings (SSSR count). The van der Waals surface area contributed by atoms with Crippen LogP contribution in [0, 0.1) is 0 Å². The molecule has 0 fully saturated rings. The molecule has 2 nitrogen and oxygen atoms in total. The predicted octanol–water partition coefficient (Wildman–Crippen LogP) is 3.25. The monoisotopic (exact) mass is 338 g/mol. The van der Waals surface area contributed by atoms with Crippen LogP contribution in [-0.2, 0) is 4.43 Å². The Morgan fingerprint density at radius 1 is 0.875 bits per heavy atom. The molecule has 0 aromatic heterocycles. The fourth-order valence-electron chi connectivity index (χ4n) is 3.65. The SMILES string of the molecule is CC(C)(C)[Si](O[C@H]1C=C[C@H](O)C1)(c1ccccc1)c1ccccc1. The second-order valence-electron chi connectivity index (χ2n) is 7.51. The van der Waals surface area contributed by atoms with Gasteiger partial charge >= 0.3 is 0 Å². The maximum atomic E-state index is 9.89. The Kier molecular flexibility index (Phi) is 4.77. The van der Waals surface area contributed by atoms with Gasteiger partial charge < -0.3 is 9.53 Å². The van der Waals surface area contributed by atoms with Crippen LogP contribution in [0.5, 0.6) is 0 Å². The van der Waals surface area contributed by atoms with E-state index < -0.39 is 14.4 Å². The number of rotatable bonds is 4. The van der Waals surface area contributed by atoms with E-state index in [0.717, 1.165) is 0 Å². The highest BCUT2D eigenvalue weighted by Crippen LogP contribution is 2.38. The largest absolute Gasteiger partial charge is 0.401 e. The predicted molar refractivity (Wildman–Crippen MR) is 102 cm³/mol. The van der Waals surface area contributed by atoms with Gasteiger partial charge in [-0.15, -0.1) is 0 Å². The topological polar surface area (TPSA) is 29.5 Å². The van der Waals surface area contributed by atoms with E-state index in [4.69, 9.17) is 4.43 Å². The Balaban J connectivity index is 2.16. The highest BCUT2D eigenvalue weighted by Gasteiger charge is 2.51. The van der Waals surface area contributed by atoms with E-state index in [1.807, 2.05) is 12.2 Å². The zero-order valence-corrected chi connectivity index (χ0v) is 15.6. The minimum Gasteiger partial charge on any atom is -0.401 e. The molecule has 3 heteroatoms. The molecule has 0 spiro atoms. The molecular formula is C21H26O2Si. The summed E-state index contributed by atoms with van der Waals surface area (Å²) in [6.45, 7) is 6.82. The number of hydrogen-bond acceptors (Lipinski definition) is 2. The highest BCUT2D eigenvalue weighted by atomic mass is 28.4. The fraction of sp³-hybridized carbons (Fsp3) is 0.333. The third kappa shape index (κ3) is 3.12. The van der Waals surface area contributed by atoms with Crippen molar-refractivity contribution in [3.63, 3.8) is 0 Å². The van der Waals surface area contributed by atoms with Gasteiger partial charge in [0, 0.05) is 6.42 Å². The zero-order chi connectivity index (χ0) is 17.2. The van der Waals surface area contributed by atoms with Gasteiger partial charge in [-0.1, -0.05) is 93.6 Å². The van der Waals surface area contributed by atoms with Gasteiger partial charge in [-0.25, -0.2) is 0 Å². The van der Waals surface area contributed by atoms with Crippen LogP contribution in [0.2, 0.25) is 5.04 Å². The molecule has 0 amide bonds. The second kappa shape index (κ2) is 6.67. The van der Waals surface area contributed by atoms with Gasteiger partial charge in [0.05, 0.1) is 12.2 Å². The average molecular weight is 339 g/mol. The Morgan fingerprint density at radius 2 is 1.38 bits per heavy atom. The lowest BCUT2D eigenvalue weighted by molar-refractivity contribution is 0.158. The lowest BCUT2D eigenvalue weighted by Crippen LogP contribution is -2.67. The number of aliphatic hydroxyl groups excluding tert-OH is 1. The van der Waals surface area contributed by atoms with Gasteiger partial charge in [-0.3, -0.25) is 0 Å². The summed E-state index contributed by atoms with van der Waals surface area (Å²) in [5.41, 5.74) is 0. The average Bonchev–Trinajstić information content (AvgIpc) is 2.98. The summed E-state index contributed by atoms with van der Waals surface area (Å²) in [4.78, 5) is 0. The van der Waals surface area contributed by atoms with Crippen LogP contribution in [0.15, 0.2) is 72.8 Å². The van der Waals surface area contributed by atoms with Crippen LogP contribution in [0.3, 0.4) is 0 Å². The molecule has 1 N–H and O–H groups in total. The van der Waals surface area contributed by atoms with Gasteiger partial charge in [0.15, 0.2) is 0 Å². The van der Waals surface area contributed by atoms with Crippen molar-refractivity contribution in [3.8, 4) is 0 Å². The molecular weight excluding hydrogens is 312 g/mol. The molecule has 0 unspecified atom stereocenters. The third-order valence-electron chi connectivity index (χ3n) is 4.77. The molecule has 1 aliphatic carbocycles. The maximum absolute atomic E-state index is 9.89. The molecule has 0 heterocycles. The van der Waals surface area contributed by atoms with Crippen molar-refractivity contribution in [1.29, 1.82) is 0 Å². The van der Waals surface area contributed by atoms with E-state index in [2.05, 4.69) is 81.4 Å². The van der Waals surface area contributed by atoms with Gasteiger partial charge in [-0.05, 0) is 15.4 Å². The Labute approximate surface area is 145 Å². The molecule has 2 aromatic carbocycles. The van der Waals surface area contributed by atoms with Crippen molar-refractivity contribution < 1.29 is 9.53 Å². The first-order valence-corrected chi connectivity index (χ1v) is 10.5. The van der Waals surface area contributed by atoms with Gasteiger partial charge in [0.25, 0.3) is 8.32 Å². The molecule has 0 aliphatic heterocycles. The first kappa shape index (κ1) is 17.2. The Bertz CT molecular complexity index is 649. The highest BCUT2D eigenvalue weighted by molar-refractivity contribution is 6.99. The molecule has 126 valence electrons. The Morgan fingerprint density at radius 3 is 1.75 bits per heavy atom. The molecule has 2 aromatic rings. The second-order valence-corrected chi connectivity index (χ2v) is 11.8. The molecule has 0 bridgehead atoms. The standard InChI is InChI=1S/C21H26O2Si/c1-21(2,3)24(19-10-6-4-7-11-19,20-12-8-5-9-13-20)23-18-15-14-17(22)16-18/h4-15,17-18,22H,16H2,1-3H3/t17-,18-/m0/s1. The number of aliphatic hydroxyl groups is 1. The van der Waals surface area contributed by atoms with E-state index in [9.17, 15) is 5.11 Å². The summed E-state index contributed by atoms with van der Waals surface area (Å²) in [6.07, 6.45) is 4.08. The normalized spacial score (nSPS) is 21.2. The number of hydrogen-bond donors (Lipinski definition) is 1. The minimum atomic E-state index is -2.51. The van der Waals surface area contributed by atoms with Crippen molar-refractivity contribution in [1.82, 2.24) is 0 Å². The first-order valence-electron chi connectivity index (χ1n) is 8.59. The molecule has 2 atom stereocenters. The van der Waals surface area contributed by atoms with Crippen LogP contribution in [-0.4, -0.2) is 25.6 Å². The molecule has 0 radical (unpaired) electrons. The number of benzene rings is 2. The van der Waals surface area contributed by atoms with Crippen molar-refractivity contribution in [2.24, 2.45) is 0 Å². The van der Waals surface area contributed by atoms with Gasteiger partial charge in [-0.2, -0.15) is 0 Å². The Hall–Kier alpha value is -1.68. The summed E-state index contributed by atoms with van der Waals surface area (Å²) in [6, 6.07) is 21.2. The molecule has 0 saturated heterocycles. The van der Waals surface area contributed by atoms with Crippen LogP contribution in [0.25, 0.3) is 0 Å². The summed E-state index contributed by atoms with van der Waals surface area (Å²) in [5, 5.41) is 12.4. The van der Waals surface area contributed by atoms with E-state index >= 15 is 0 Å². The quantitative estimate of drug-likeness (QED) is 0.685. The molecule has 1 aliphatic rings. The smallest absolute Gasteiger partial charge is 0.261 e.